The highest BCUT2D eigenvalue weighted by Crippen LogP contribution is 2.31. The predicted octanol–water partition coefficient (Wildman–Crippen LogP) is 5.00. The summed E-state index contributed by atoms with van der Waals surface area (Å²) < 4.78 is 25.4. The highest BCUT2D eigenvalue weighted by atomic mass is 32.2. The first kappa shape index (κ1) is 22.3. The maximum Gasteiger partial charge on any atom is 0.339 e. The number of nitrogens with one attached hydrogen (secondary N) is 2. The number of nitrogens with zero attached hydrogens (tertiary/aromatic N) is 1. The largest absolute Gasteiger partial charge is 0.507 e. The lowest BCUT2D eigenvalue weighted by Crippen LogP contribution is -2.09. The van der Waals surface area contributed by atoms with Crippen LogP contribution in [0.15, 0.2) is 72.1 Å². The van der Waals surface area contributed by atoms with Crippen molar-refractivity contribution in [1.82, 2.24) is 4.98 Å². The fourth-order valence-corrected chi connectivity index (χ4v) is 4.47. The Morgan fingerprint density at radius 1 is 0.939 bits per heavy atom. The maximum absolute atomic E-state index is 11.5. The number of phenols is 1. The molecule has 8 nitrogen and oxygen atoms in total. The van der Waals surface area contributed by atoms with E-state index in [0.29, 0.717) is 22.1 Å². The zero-order valence-corrected chi connectivity index (χ0v) is 18.9. The molecule has 4 N–H and O–H groups in total. The van der Waals surface area contributed by atoms with Crippen LogP contribution in [0.2, 0.25) is 0 Å². The molecule has 0 amide bonds. The normalized spacial score (nSPS) is 11.2. The summed E-state index contributed by atoms with van der Waals surface area (Å²) in [5.74, 6) is -1.50. The van der Waals surface area contributed by atoms with E-state index >= 15 is 0 Å². The lowest BCUT2D eigenvalue weighted by Gasteiger charge is -2.08. The van der Waals surface area contributed by atoms with Crippen molar-refractivity contribution >= 4 is 43.8 Å². The van der Waals surface area contributed by atoms with Crippen LogP contribution in [-0.4, -0.2) is 35.8 Å². The predicted molar refractivity (Wildman–Crippen MR) is 130 cm³/mol. The van der Waals surface area contributed by atoms with Gasteiger partial charge in [-0.3, -0.25) is 4.72 Å². The summed E-state index contributed by atoms with van der Waals surface area (Å²) in [6.07, 6.45) is 1.11. The van der Waals surface area contributed by atoms with Crippen molar-refractivity contribution in [2.24, 2.45) is 0 Å². The average Bonchev–Trinajstić information content (AvgIpc) is 3.22. The lowest BCUT2D eigenvalue weighted by atomic mass is 10.0. The van der Waals surface area contributed by atoms with Crippen LogP contribution in [0.25, 0.3) is 22.4 Å². The average molecular weight is 482 g/mol. The Hall–Kier alpha value is -3.89. The fourth-order valence-electron chi connectivity index (χ4n) is 3.18. The highest BCUT2D eigenvalue weighted by molar-refractivity contribution is 7.92. The number of carbonyl (C=O) groups is 1. The third-order valence-corrected chi connectivity index (χ3v) is 6.03. The van der Waals surface area contributed by atoms with Gasteiger partial charge >= 0.3 is 5.97 Å². The van der Waals surface area contributed by atoms with Crippen molar-refractivity contribution in [1.29, 1.82) is 0 Å². The van der Waals surface area contributed by atoms with Gasteiger partial charge in [-0.05, 0) is 53.6 Å². The second kappa shape index (κ2) is 8.93. The number of sulfonamides is 1. The topological polar surface area (TPSA) is 129 Å². The van der Waals surface area contributed by atoms with E-state index in [1.807, 2.05) is 30.3 Å². The van der Waals surface area contributed by atoms with E-state index in [4.69, 9.17) is 0 Å². The molecule has 3 aromatic carbocycles. The standard InChI is InChI=1S/C23H19N3O5S2/c1-33(30,31)26-18-4-2-3-15(11-18)14-5-8-17(9-6-14)24-23-25-20(13-32-23)16-7-10-21(27)19(12-16)22(28)29/h2-13,26-27H,1H3,(H,24,25)(H,28,29). The summed E-state index contributed by atoms with van der Waals surface area (Å²) in [4.78, 5) is 15.7. The van der Waals surface area contributed by atoms with Crippen LogP contribution in [0, 0.1) is 0 Å². The number of carboxylic acid groups (broad SMARTS) is 1. The molecule has 1 heterocycles. The van der Waals surface area contributed by atoms with Gasteiger partial charge in [0.25, 0.3) is 0 Å². The Labute approximate surface area is 194 Å². The van der Waals surface area contributed by atoms with Crippen molar-refractivity contribution < 1.29 is 23.4 Å². The molecule has 0 bridgehead atoms. The van der Waals surface area contributed by atoms with Crippen molar-refractivity contribution in [2.75, 3.05) is 16.3 Å². The molecule has 0 saturated carbocycles. The quantitative estimate of drug-likeness (QED) is 0.292. The molecular weight excluding hydrogens is 462 g/mol. The smallest absolute Gasteiger partial charge is 0.339 e. The van der Waals surface area contributed by atoms with E-state index in [1.165, 1.54) is 23.5 Å². The molecule has 0 aliphatic heterocycles. The number of benzene rings is 3. The van der Waals surface area contributed by atoms with E-state index in [0.717, 1.165) is 23.1 Å². The molecule has 1 aromatic heterocycles. The monoisotopic (exact) mass is 481 g/mol. The molecule has 4 aromatic rings. The molecule has 0 spiro atoms. The summed E-state index contributed by atoms with van der Waals surface area (Å²) in [5, 5.41) is 24.5. The number of aromatic hydroxyl groups is 1. The number of rotatable bonds is 7. The van der Waals surface area contributed by atoms with Crippen molar-refractivity contribution in [3.05, 3.63) is 77.7 Å². The van der Waals surface area contributed by atoms with Crippen LogP contribution in [0.1, 0.15) is 10.4 Å². The first-order chi connectivity index (χ1) is 15.7. The molecule has 0 aliphatic rings. The summed E-state index contributed by atoms with van der Waals surface area (Å²) in [5.41, 5.74) is 4.09. The zero-order chi connectivity index (χ0) is 23.6. The third kappa shape index (κ3) is 5.48. The molecule has 33 heavy (non-hydrogen) atoms. The van der Waals surface area contributed by atoms with Crippen LogP contribution in [0.5, 0.6) is 5.75 Å². The summed E-state index contributed by atoms with van der Waals surface area (Å²) in [6.45, 7) is 0. The lowest BCUT2D eigenvalue weighted by molar-refractivity contribution is 0.0693. The van der Waals surface area contributed by atoms with Crippen LogP contribution < -0.4 is 10.0 Å². The Morgan fingerprint density at radius 3 is 2.36 bits per heavy atom. The zero-order valence-electron chi connectivity index (χ0n) is 17.3. The van der Waals surface area contributed by atoms with Crippen LogP contribution >= 0.6 is 11.3 Å². The van der Waals surface area contributed by atoms with E-state index < -0.39 is 16.0 Å². The van der Waals surface area contributed by atoms with E-state index in [2.05, 4.69) is 15.0 Å². The van der Waals surface area contributed by atoms with Gasteiger partial charge in [-0.25, -0.2) is 18.2 Å². The molecule has 0 fully saturated rings. The highest BCUT2D eigenvalue weighted by Gasteiger charge is 2.13. The minimum absolute atomic E-state index is 0.179. The minimum atomic E-state index is -3.35. The number of anilines is 3. The van der Waals surface area contributed by atoms with Crippen LogP contribution in [0.3, 0.4) is 0 Å². The molecule has 0 aliphatic carbocycles. The molecular formula is C23H19N3O5S2. The summed E-state index contributed by atoms with van der Waals surface area (Å²) in [6, 6.07) is 19.1. The molecule has 4 rings (SSSR count). The second-order valence-electron chi connectivity index (χ2n) is 7.23. The van der Waals surface area contributed by atoms with Gasteiger partial charge in [0.1, 0.15) is 11.3 Å². The maximum atomic E-state index is 11.5. The molecule has 0 saturated heterocycles. The molecule has 0 unspecified atom stereocenters. The fraction of sp³-hybridized carbons (Fsp3) is 0.0435. The number of thiazole rings is 1. The summed E-state index contributed by atoms with van der Waals surface area (Å²) in [7, 11) is -3.35. The van der Waals surface area contributed by atoms with Crippen LogP contribution in [0.4, 0.5) is 16.5 Å². The third-order valence-electron chi connectivity index (χ3n) is 4.66. The van der Waals surface area contributed by atoms with Crippen molar-refractivity contribution in [3.63, 3.8) is 0 Å². The van der Waals surface area contributed by atoms with E-state index in [-0.39, 0.29) is 11.3 Å². The molecule has 0 atom stereocenters. The van der Waals surface area contributed by atoms with Crippen LogP contribution in [-0.2, 0) is 10.0 Å². The van der Waals surface area contributed by atoms with Gasteiger partial charge in [-0.1, -0.05) is 24.3 Å². The first-order valence-electron chi connectivity index (χ1n) is 9.65. The van der Waals surface area contributed by atoms with Gasteiger partial charge in [-0.2, -0.15) is 0 Å². The Bertz CT molecular complexity index is 1430. The van der Waals surface area contributed by atoms with Gasteiger partial charge in [0.05, 0.1) is 11.9 Å². The SMILES string of the molecule is CS(=O)(=O)Nc1cccc(-c2ccc(Nc3nc(-c4ccc(O)c(C(=O)O)c4)cs3)cc2)c1. The number of aromatic nitrogens is 1. The van der Waals surface area contributed by atoms with Crippen molar-refractivity contribution in [3.8, 4) is 28.1 Å². The van der Waals surface area contributed by atoms with Gasteiger partial charge in [0, 0.05) is 22.3 Å². The Balaban J connectivity index is 1.50. The van der Waals surface area contributed by atoms with Gasteiger partial charge in [0.2, 0.25) is 10.0 Å². The number of hydrogen-bond acceptors (Lipinski definition) is 7. The minimum Gasteiger partial charge on any atom is -0.507 e. The molecule has 10 heteroatoms. The number of aromatic carboxylic acids is 1. The van der Waals surface area contributed by atoms with Gasteiger partial charge in [-0.15, -0.1) is 11.3 Å². The molecule has 0 radical (unpaired) electrons. The van der Waals surface area contributed by atoms with Gasteiger partial charge < -0.3 is 15.5 Å². The number of carboxylic acids is 1. The second-order valence-corrected chi connectivity index (χ2v) is 9.84. The Morgan fingerprint density at radius 2 is 1.67 bits per heavy atom. The van der Waals surface area contributed by atoms with Gasteiger partial charge in [0.15, 0.2) is 5.13 Å². The summed E-state index contributed by atoms with van der Waals surface area (Å²) >= 11 is 1.37. The Kier molecular flexibility index (Phi) is 6.03. The van der Waals surface area contributed by atoms with E-state index in [1.54, 1.807) is 29.6 Å². The van der Waals surface area contributed by atoms with Crippen molar-refractivity contribution in [2.45, 2.75) is 0 Å². The van der Waals surface area contributed by atoms with E-state index in [9.17, 15) is 23.4 Å². The number of hydrogen-bond donors (Lipinski definition) is 4. The molecule has 168 valence electrons. The first-order valence-corrected chi connectivity index (χ1v) is 12.4.